The molecule has 4 nitrogen and oxygen atoms in total. The molecular formula is C10H9N3O. The average Bonchev–Trinajstić information content (AvgIpc) is 2.23. The molecular weight excluding hydrogens is 178 g/mol. The van der Waals surface area contributed by atoms with Crippen LogP contribution in [0.1, 0.15) is 5.82 Å². The van der Waals surface area contributed by atoms with Crippen LogP contribution in [0.3, 0.4) is 0 Å². The zero-order valence-electron chi connectivity index (χ0n) is 7.50. The zero-order chi connectivity index (χ0) is 9.80. The summed E-state index contributed by atoms with van der Waals surface area (Å²) in [5.41, 5.74) is -0.0417. The Morgan fingerprint density at radius 3 is 2.64 bits per heavy atom. The maximum Gasteiger partial charge on any atom is 0.250 e. The molecule has 0 fully saturated rings. The van der Waals surface area contributed by atoms with Gasteiger partial charge in [0.1, 0.15) is 5.82 Å². The van der Waals surface area contributed by atoms with Gasteiger partial charge in [-0.2, -0.15) is 0 Å². The summed E-state index contributed by atoms with van der Waals surface area (Å²) >= 11 is 0. The van der Waals surface area contributed by atoms with E-state index < -0.39 is 0 Å². The van der Waals surface area contributed by atoms with Gasteiger partial charge in [-0.15, -0.1) is 0 Å². The van der Waals surface area contributed by atoms with Crippen LogP contribution in [-0.2, 0) is 6.54 Å². The van der Waals surface area contributed by atoms with Crippen molar-refractivity contribution in [2.45, 2.75) is 6.54 Å². The lowest BCUT2D eigenvalue weighted by Gasteiger charge is -2.02. The molecule has 0 N–H and O–H groups in total. The largest absolute Gasteiger partial charge is 0.308 e. The number of aromatic nitrogens is 3. The summed E-state index contributed by atoms with van der Waals surface area (Å²) in [7, 11) is 0. The molecule has 2 rings (SSSR count). The van der Waals surface area contributed by atoms with Crippen molar-refractivity contribution in [2.75, 3.05) is 0 Å². The second-order valence-electron chi connectivity index (χ2n) is 2.83. The zero-order valence-corrected chi connectivity index (χ0v) is 7.50. The van der Waals surface area contributed by atoms with Gasteiger partial charge in [-0.05, 0) is 12.1 Å². The van der Waals surface area contributed by atoms with Crippen LogP contribution in [0.5, 0.6) is 0 Å². The van der Waals surface area contributed by atoms with Crippen LogP contribution < -0.4 is 5.56 Å². The van der Waals surface area contributed by atoms with E-state index in [-0.39, 0.29) is 5.56 Å². The highest BCUT2D eigenvalue weighted by atomic mass is 16.1. The first-order valence-electron chi connectivity index (χ1n) is 4.27. The van der Waals surface area contributed by atoms with Gasteiger partial charge in [0.15, 0.2) is 0 Å². The summed E-state index contributed by atoms with van der Waals surface area (Å²) in [5.74, 6) is 0.640. The second-order valence-corrected chi connectivity index (χ2v) is 2.83. The predicted octanol–water partition coefficient (Wildman–Crippen LogP) is 0.687. The van der Waals surface area contributed by atoms with Gasteiger partial charge in [0.25, 0.3) is 5.56 Å². The van der Waals surface area contributed by atoms with E-state index in [0.29, 0.717) is 12.4 Å². The number of hydrogen-bond donors (Lipinski definition) is 0. The standard InChI is InChI=1S/C10H9N3O/c14-10-4-1-2-7-13(10)8-9-11-5-3-6-12-9/h1-7H,8H2. The molecule has 0 aliphatic rings. The van der Waals surface area contributed by atoms with Crippen LogP contribution in [0.4, 0.5) is 0 Å². The smallest absolute Gasteiger partial charge is 0.250 e. The van der Waals surface area contributed by atoms with E-state index in [1.165, 1.54) is 6.07 Å². The molecule has 0 aromatic carbocycles. The van der Waals surface area contributed by atoms with Gasteiger partial charge in [0.2, 0.25) is 0 Å². The molecule has 4 heteroatoms. The fourth-order valence-corrected chi connectivity index (χ4v) is 1.16. The van der Waals surface area contributed by atoms with Crippen molar-refractivity contribution in [3.05, 3.63) is 59.0 Å². The van der Waals surface area contributed by atoms with Crippen LogP contribution in [0.25, 0.3) is 0 Å². The lowest BCUT2D eigenvalue weighted by atomic mass is 10.4. The highest BCUT2D eigenvalue weighted by Gasteiger charge is 1.97. The second kappa shape index (κ2) is 3.83. The van der Waals surface area contributed by atoms with Gasteiger partial charge in [0, 0.05) is 24.7 Å². The number of rotatable bonds is 2. The van der Waals surface area contributed by atoms with Crippen molar-refractivity contribution in [2.24, 2.45) is 0 Å². The maximum atomic E-state index is 11.3. The SMILES string of the molecule is O=c1ccccn1Cc1ncccn1. The van der Waals surface area contributed by atoms with Gasteiger partial charge in [-0.3, -0.25) is 4.79 Å². The fraction of sp³-hybridized carbons (Fsp3) is 0.100. The highest BCUT2D eigenvalue weighted by molar-refractivity contribution is 4.97. The number of nitrogens with zero attached hydrogens (tertiary/aromatic N) is 3. The van der Waals surface area contributed by atoms with Crippen molar-refractivity contribution >= 4 is 0 Å². The fourth-order valence-electron chi connectivity index (χ4n) is 1.16. The van der Waals surface area contributed by atoms with Crippen LogP contribution in [0, 0.1) is 0 Å². The molecule has 0 spiro atoms. The van der Waals surface area contributed by atoms with Crippen molar-refractivity contribution in [1.82, 2.24) is 14.5 Å². The van der Waals surface area contributed by atoms with E-state index in [2.05, 4.69) is 9.97 Å². The Hall–Kier alpha value is -1.97. The predicted molar refractivity (Wildman–Crippen MR) is 51.8 cm³/mol. The Bertz CT molecular complexity index is 464. The van der Waals surface area contributed by atoms with E-state index in [4.69, 9.17) is 0 Å². The summed E-state index contributed by atoms with van der Waals surface area (Å²) in [6.07, 6.45) is 5.05. The molecule has 0 saturated heterocycles. The Morgan fingerprint density at radius 2 is 1.93 bits per heavy atom. The van der Waals surface area contributed by atoms with Crippen molar-refractivity contribution < 1.29 is 0 Å². The third-order valence-electron chi connectivity index (χ3n) is 1.83. The van der Waals surface area contributed by atoms with Crippen molar-refractivity contribution in [3.63, 3.8) is 0 Å². The van der Waals surface area contributed by atoms with Crippen LogP contribution >= 0.6 is 0 Å². The third-order valence-corrected chi connectivity index (χ3v) is 1.83. The maximum absolute atomic E-state index is 11.3. The first-order valence-corrected chi connectivity index (χ1v) is 4.27. The van der Waals surface area contributed by atoms with E-state index in [1.807, 2.05) is 6.07 Å². The summed E-state index contributed by atoms with van der Waals surface area (Å²) in [4.78, 5) is 19.4. The van der Waals surface area contributed by atoms with Gasteiger partial charge >= 0.3 is 0 Å². The highest BCUT2D eigenvalue weighted by Crippen LogP contribution is 1.90. The van der Waals surface area contributed by atoms with Crippen LogP contribution in [0.2, 0.25) is 0 Å². The Labute approximate surface area is 80.9 Å². The minimum Gasteiger partial charge on any atom is -0.308 e. The Morgan fingerprint density at radius 1 is 1.14 bits per heavy atom. The topological polar surface area (TPSA) is 47.8 Å². The van der Waals surface area contributed by atoms with Gasteiger partial charge in [0.05, 0.1) is 6.54 Å². The summed E-state index contributed by atoms with van der Waals surface area (Å²) < 4.78 is 1.56. The molecule has 2 aromatic heterocycles. The summed E-state index contributed by atoms with van der Waals surface area (Å²) in [6, 6.07) is 6.79. The molecule has 0 amide bonds. The van der Waals surface area contributed by atoms with Crippen molar-refractivity contribution in [1.29, 1.82) is 0 Å². The summed E-state index contributed by atoms with van der Waals surface area (Å²) in [5, 5.41) is 0. The molecule has 2 heterocycles. The molecule has 70 valence electrons. The molecule has 0 aliphatic carbocycles. The van der Waals surface area contributed by atoms with E-state index in [9.17, 15) is 4.79 Å². The van der Waals surface area contributed by atoms with Crippen LogP contribution in [-0.4, -0.2) is 14.5 Å². The molecule has 0 radical (unpaired) electrons. The van der Waals surface area contributed by atoms with Crippen LogP contribution in [0.15, 0.2) is 47.7 Å². The molecule has 0 bridgehead atoms. The lowest BCUT2D eigenvalue weighted by molar-refractivity contribution is 0.714. The molecule has 0 atom stereocenters. The summed E-state index contributed by atoms with van der Waals surface area (Å²) in [6.45, 7) is 0.417. The van der Waals surface area contributed by atoms with Gasteiger partial charge < -0.3 is 4.57 Å². The van der Waals surface area contributed by atoms with E-state index in [0.717, 1.165) is 0 Å². The molecule has 0 aliphatic heterocycles. The monoisotopic (exact) mass is 187 g/mol. The molecule has 2 aromatic rings. The van der Waals surface area contributed by atoms with Gasteiger partial charge in [-0.1, -0.05) is 6.07 Å². The van der Waals surface area contributed by atoms with E-state index >= 15 is 0 Å². The molecule has 14 heavy (non-hydrogen) atoms. The minimum atomic E-state index is -0.0417. The first-order chi connectivity index (χ1) is 6.86. The molecule has 0 unspecified atom stereocenters. The number of pyridine rings is 1. The average molecular weight is 187 g/mol. The minimum absolute atomic E-state index is 0.0417. The molecule has 0 saturated carbocycles. The quantitative estimate of drug-likeness (QED) is 0.694. The number of hydrogen-bond acceptors (Lipinski definition) is 3. The lowest BCUT2D eigenvalue weighted by Crippen LogP contribution is -2.19. The van der Waals surface area contributed by atoms with Crippen molar-refractivity contribution in [3.8, 4) is 0 Å². The Balaban J connectivity index is 2.28. The first kappa shape index (κ1) is 8.62. The normalized spacial score (nSPS) is 10.0. The third kappa shape index (κ3) is 1.85. The Kier molecular flexibility index (Phi) is 2.36. The van der Waals surface area contributed by atoms with Gasteiger partial charge in [-0.25, -0.2) is 9.97 Å². The van der Waals surface area contributed by atoms with E-state index in [1.54, 1.807) is 35.3 Å².